The van der Waals surface area contributed by atoms with E-state index in [4.69, 9.17) is 5.73 Å². The molecule has 1 amide bonds. The number of rotatable bonds is 1. The van der Waals surface area contributed by atoms with Crippen molar-refractivity contribution < 1.29 is 4.79 Å². The van der Waals surface area contributed by atoms with Crippen LogP contribution in [0, 0.1) is 5.41 Å². The Balaban J connectivity index is 2.58. The lowest BCUT2D eigenvalue weighted by Gasteiger charge is -1.97. The highest BCUT2D eigenvalue weighted by molar-refractivity contribution is 5.88. The lowest BCUT2D eigenvalue weighted by Crippen LogP contribution is -2.22. The van der Waals surface area contributed by atoms with E-state index < -0.39 is 0 Å². The maximum absolute atomic E-state index is 10.2. The van der Waals surface area contributed by atoms with Crippen molar-refractivity contribution in [3.05, 3.63) is 12.2 Å². The van der Waals surface area contributed by atoms with E-state index in [1.165, 1.54) is 0 Å². The van der Waals surface area contributed by atoms with Crippen molar-refractivity contribution in [3.8, 4) is 0 Å². The quantitative estimate of drug-likeness (QED) is 0.461. The maximum Gasteiger partial charge on any atom is 0.231 e. The fourth-order valence-corrected chi connectivity index (χ4v) is 0.289. The van der Waals surface area contributed by atoms with E-state index in [-0.39, 0.29) is 11.3 Å². The molecule has 0 aliphatic heterocycles. The van der Waals surface area contributed by atoms with E-state index in [0.717, 1.165) is 0 Å². The minimum absolute atomic E-state index is 0.257. The van der Waals surface area contributed by atoms with Gasteiger partial charge in [0.15, 0.2) is 0 Å². The molecule has 2 heteroatoms. The number of amides is 1. The van der Waals surface area contributed by atoms with Gasteiger partial charge in [0.1, 0.15) is 0 Å². The van der Waals surface area contributed by atoms with Crippen LogP contribution in [0.4, 0.5) is 0 Å². The molecule has 0 bridgehead atoms. The Labute approximate surface area is 42.0 Å². The average molecular weight is 97.1 g/mol. The maximum atomic E-state index is 10.2. The van der Waals surface area contributed by atoms with Crippen molar-refractivity contribution in [1.29, 1.82) is 0 Å². The van der Waals surface area contributed by atoms with Crippen molar-refractivity contribution in [3.63, 3.8) is 0 Å². The van der Waals surface area contributed by atoms with Gasteiger partial charge in [0, 0.05) is 0 Å². The number of nitrogens with two attached hydrogens (primary N) is 1. The van der Waals surface area contributed by atoms with Crippen molar-refractivity contribution in [2.45, 2.75) is 6.92 Å². The summed E-state index contributed by atoms with van der Waals surface area (Å²) in [4.78, 5) is 10.2. The summed E-state index contributed by atoms with van der Waals surface area (Å²) < 4.78 is 0. The van der Waals surface area contributed by atoms with Crippen molar-refractivity contribution in [2.75, 3.05) is 0 Å². The Morgan fingerprint density at radius 2 is 2.14 bits per heavy atom. The third kappa shape index (κ3) is 0.515. The van der Waals surface area contributed by atoms with Crippen LogP contribution in [-0.4, -0.2) is 5.91 Å². The van der Waals surface area contributed by atoms with Gasteiger partial charge >= 0.3 is 0 Å². The summed E-state index contributed by atoms with van der Waals surface area (Å²) in [5.74, 6) is -0.257. The third-order valence-corrected chi connectivity index (χ3v) is 1.20. The minimum Gasteiger partial charge on any atom is -0.369 e. The first-order valence-corrected chi connectivity index (χ1v) is 2.15. The summed E-state index contributed by atoms with van der Waals surface area (Å²) in [6.45, 7) is 1.79. The normalized spacial score (nSPS) is 21.9. The SMILES string of the molecule is CC1(C(N)=O)C=C1. The molecule has 0 fully saturated rings. The first-order valence-electron chi connectivity index (χ1n) is 2.15. The second-order valence-corrected chi connectivity index (χ2v) is 1.98. The molecule has 0 aromatic heterocycles. The smallest absolute Gasteiger partial charge is 0.231 e. The van der Waals surface area contributed by atoms with Crippen LogP contribution in [-0.2, 0) is 4.79 Å². The van der Waals surface area contributed by atoms with E-state index in [2.05, 4.69) is 0 Å². The molecule has 0 aromatic carbocycles. The lowest BCUT2D eigenvalue weighted by molar-refractivity contribution is -0.121. The molecule has 2 nitrogen and oxygen atoms in total. The molecule has 7 heavy (non-hydrogen) atoms. The van der Waals surface area contributed by atoms with Gasteiger partial charge in [-0.3, -0.25) is 4.79 Å². The van der Waals surface area contributed by atoms with Crippen LogP contribution >= 0.6 is 0 Å². The zero-order valence-corrected chi connectivity index (χ0v) is 4.14. The highest BCUT2D eigenvalue weighted by atomic mass is 16.1. The van der Waals surface area contributed by atoms with Crippen LogP contribution in [0.3, 0.4) is 0 Å². The fraction of sp³-hybridized carbons (Fsp3) is 0.400. The van der Waals surface area contributed by atoms with Crippen LogP contribution in [0.1, 0.15) is 6.92 Å². The molecule has 2 N–H and O–H groups in total. The molecule has 0 spiro atoms. The van der Waals surface area contributed by atoms with Gasteiger partial charge in [0.05, 0.1) is 5.41 Å². The van der Waals surface area contributed by atoms with E-state index >= 15 is 0 Å². The molecule has 1 rings (SSSR count). The van der Waals surface area contributed by atoms with Gasteiger partial charge in [-0.1, -0.05) is 12.2 Å². The number of hydrogen-bond donors (Lipinski definition) is 1. The van der Waals surface area contributed by atoms with E-state index in [1.54, 1.807) is 19.1 Å². The predicted octanol–water partition coefficient (Wildman–Crippen LogP) is 0.0478. The lowest BCUT2D eigenvalue weighted by atomic mass is 10.1. The van der Waals surface area contributed by atoms with E-state index in [9.17, 15) is 4.79 Å². The molecule has 0 atom stereocenters. The van der Waals surface area contributed by atoms with Crippen molar-refractivity contribution >= 4 is 5.91 Å². The molecular formula is C5H7NO. The van der Waals surface area contributed by atoms with E-state index in [1.807, 2.05) is 0 Å². The molecular weight excluding hydrogens is 90.1 g/mol. The predicted molar refractivity (Wildman–Crippen MR) is 26.4 cm³/mol. The van der Waals surface area contributed by atoms with Crippen LogP contribution in [0.25, 0.3) is 0 Å². The number of hydrogen-bond acceptors (Lipinski definition) is 1. The molecule has 1 aliphatic rings. The Hall–Kier alpha value is -0.790. The van der Waals surface area contributed by atoms with Gasteiger partial charge < -0.3 is 5.73 Å². The van der Waals surface area contributed by atoms with Gasteiger partial charge in [-0.05, 0) is 6.92 Å². The first kappa shape index (κ1) is 4.37. The van der Waals surface area contributed by atoms with Gasteiger partial charge in [0.2, 0.25) is 5.91 Å². The van der Waals surface area contributed by atoms with Gasteiger partial charge in [0.25, 0.3) is 0 Å². The Morgan fingerprint density at radius 1 is 1.71 bits per heavy atom. The van der Waals surface area contributed by atoms with Gasteiger partial charge in [-0.25, -0.2) is 0 Å². The molecule has 0 heterocycles. The summed E-state index contributed by atoms with van der Waals surface area (Å²) in [5.41, 5.74) is 4.57. The van der Waals surface area contributed by atoms with Crippen LogP contribution in [0.15, 0.2) is 12.2 Å². The Morgan fingerprint density at radius 3 is 2.14 bits per heavy atom. The summed E-state index contributed by atoms with van der Waals surface area (Å²) in [7, 11) is 0. The molecule has 0 unspecified atom stereocenters. The number of carbonyl (C=O) groups excluding carboxylic acids is 1. The van der Waals surface area contributed by atoms with Crippen LogP contribution in [0.2, 0.25) is 0 Å². The molecule has 0 aromatic rings. The molecule has 0 saturated carbocycles. The largest absolute Gasteiger partial charge is 0.369 e. The number of primary amides is 1. The monoisotopic (exact) mass is 97.1 g/mol. The number of carbonyl (C=O) groups is 1. The topological polar surface area (TPSA) is 43.1 Å². The second-order valence-electron chi connectivity index (χ2n) is 1.98. The summed E-state index contributed by atoms with van der Waals surface area (Å²) in [5, 5.41) is 0. The van der Waals surface area contributed by atoms with Crippen molar-refractivity contribution in [1.82, 2.24) is 0 Å². The summed E-state index contributed by atoms with van der Waals surface area (Å²) in [6.07, 6.45) is 3.57. The van der Waals surface area contributed by atoms with Gasteiger partial charge in [-0.2, -0.15) is 0 Å². The van der Waals surface area contributed by atoms with Crippen LogP contribution < -0.4 is 5.73 Å². The Kier molecular flexibility index (Phi) is 0.553. The summed E-state index contributed by atoms with van der Waals surface area (Å²) >= 11 is 0. The zero-order valence-electron chi connectivity index (χ0n) is 4.14. The molecule has 38 valence electrons. The van der Waals surface area contributed by atoms with Crippen LogP contribution in [0.5, 0.6) is 0 Å². The molecule has 0 saturated heterocycles. The highest BCUT2D eigenvalue weighted by Gasteiger charge is 2.34. The van der Waals surface area contributed by atoms with E-state index in [0.29, 0.717) is 0 Å². The summed E-state index contributed by atoms with van der Waals surface area (Å²) in [6, 6.07) is 0. The molecule has 1 aliphatic carbocycles. The zero-order chi connectivity index (χ0) is 5.49. The van der Waals surface area contributed by atoms with Crippen molar-refractivity contribution in [2.24, 2.45) is 11.1 Å². The highest BCUT2D eigenvalue weighted by Crippen LogP contribution is 2.32. The first-order chi connectivity index (χ1) is 3.15. The Bertz CT molecular complexity index is 131. The second kappa shape index (κ2) is 0.886. The minimum atomic E-state index is -0.361. The average Bonchev–Trinajstić information content (AvgIpc) is 2.21. The molecule has 0 radical (unpaired) electrons. The standard InChI is InChI=1S/C5H7NO/c1-5(2-3-5)4(6)7/h2-3H,1H3,(H2,6,7). The van der Waals surface area contributed by atoms with Gasteiger partial charge in [-0.15, -0.1) is 0 Å². The fourth-order valence-electron chi connectivity index (χ4n) is 0.289. The third-order valence-electron chi connectivity index (χ3n) is 1.20.